The normalized spacial score (nSPS) is 14.6. The molecule has 1 aliphatic rings. The van der Waals surface area contributed by atoms with Crippen LogP contribution in [0.5, 0.6) is 0 Å². The van der Waals surface area contributed by atoms with Crippen LogP contribution >= 0.6 is 11.8 Å². The standard InChI is InChI=1S/C22H26N2O5S2/c1-29-22(26)16-7-9-17(10-8-16)23-31(27,28)18-11-12-20(30-2)19(15-18)21(25)24-13-5-3-4-6-14-24/h7-12,15,23H,3-6,13-14H2,1-2H3. The highest BCUT2D eigenvalue weighted by Crippen LogP contribution is 2.27. The Labute approximate surface area is 187 Å². The molecule has 0 spiro atoms. The smallest absolute Gasteiger partial charge is 0.337 e. The largest absolute Gasteiger partial charge is 0.465 e. The van der Waals surface area contributed by atoms with Crippen molar-refractivity contribution >= 4 is 39.3 Å². The van der Waals surface area contributed by atoms with Crippen LogP contribution in [0, 0.1) is 0 Å². The number of sulfonamides is 1. The molecular formula is C22H26N2O5S2. The van der Waals surface area contributed by atoms with Crippen LogP contribution in [0.25, 0.3) is 0 Å². The summed E-state index contributed by atoms with van der Waals surface area (Å²) in [5, 5.41) is 0. The van der Waals surface area contributed by atoms with Gasteiger partial charge in [0, 0.05) is 23.7 Å². The van der Waals surface area contributed by atoms with E-state index >= 15 is 0 Å². The molecule has 0 saturated carbocycles. The molecule has 0 unspecified atom stereocenters. The zero-order valence-electron chi connectivity index (χ0n) is 17.6. The number of amides is 1. The second-order valence-corrected chi connectivity index (χ2v) is 9.77. The third-order valence-corrected chi connectivity index (χ3v) is 7.34. The van der Waals surface area contributed by atoms with Crippen LogP contribution in [0.4, 0.5) is 5.69 Å². The first kappa shape index (κ1) is 23.1. The van der Waals surface area contributed by atoms with E-state index in [9.17, 15) is 18.0 Å². The second-order valence-electron chi connectivity index (χ2n) is 7.24. The van der Waals surface area contributed by atoms with Gasteiger partial charge >= 0.3 is 5.97 Å². The minimum absolute atomic E-state index is 0.0144. The maximum atomic E-state index is 13.2. The van der Waals surface area contributed by atoms with Crippen molar-refractivity contribution < 1.29 is 22.7 Å². The summed E-state index contributed by atoms with van der Waals surface area (Å²) in [6, 6.07) is 10.6. The number of ether oxygens (including phenoxy) is 1. The van der Waals surface area contributed by atoms with Gasteiger partial charge in [0.05, 0.1) is 23.1 Å². The van der Waals surface area contributed by atoms with Crippen LogP contribution in [0.2, 0.25) is 0 Å². The number of nitrogens with one attached hydrogen (secondary N) is 1. The maximum Gasteiger partial charge on any atom is 0.337 e. The van der Waals surface area contributed by atoms with Crippen LogP contribution in [0.3, 0.4) is 0 Å². The summed E-state index contributed by atoms with van der Waals surface area (Å²) in [6.07, 6.45) is 5.99. The molecule has 1 fully saturated rings. The van der Waals surface area contributed by atoms with Gasteiger partial charge < -0.3 is 9.64 Å². The summed E-state index contributed by atoms with van der Waals surface area (Å²) in [4.78, 5) is 27.3. The molecule has 9 heteroatoms. The summed E-state index contributed by atoms with van der Waals surface area (Å²) in [5.41, 5.74) is 1.03. The second kappa shape index (κ2) is 10.2. The zero-order chi connectivity index (χ0) is 22.4. The average Bonchev–Trinajstić information content (AvgIpc) is 3.07. The number of likely N-dealkylation sites (tertiary alicyclic amines) is 1. The highest BCUT2D eigenvalue weighted by atomic mass is 32.2. The molecule has 31 heavy (non-hydrogen) atoms. The summed E-state index contributed by atoms with van der Waals surface area (Å²) < 4.78 is 33.0. The molecule has 7 nitrogen and oxygen atoms in total. The molecule has 2 aromatic rings. The lowest BCUT2D eigenvalue weighted by molar-refractivity contribution is 0.0600. The molecule has 0 atom stereocenters. The van der Waals surface area contributed by atoms with Crippen LogP contribution in [-0.4, -0.2) is 51.6 Å². The van der Waals surface area contributed by atoms with Crippen molar-refractivity contribution in [2.75, 3.05) is 31.2 Å². The third kappa shape index (κ3) is 5.59. The number of nitrogens with zero attached hydrogens (tertiary/aromatic N) is 1. The first-order valence-electron chi connectivity index (χ1n) is 10.0. The molecule has 0 radical (unpaired) electrons. The van der Waals surface area contributed by atoms with E-state index in [-0.39, 0.29) is 10.8 Å². The van der Waals surface area contributed by atoms with Crippen LogP contribution in [0.15, 0.2) is 52.3 Å². The lowest BCUT2D eigenvalue weighted by Gasteiger charge is -2.22. The number of hydrogen-bond acceptors (Lipinski definition) is 6. The summed E-state index contributed by atoms with van der Waals surface area (Å²) in [6.45, 7) is 1.38. The molecule has 0 aromatic heterocycles. The van der Waals surface area contributed by atoms with Crippen molar-refractivity contribution in [1.29, 1.82) is 0 Å². The maximum absolute atomic E-state index is 13.2. The van der Waals surface area contributed by atoms with E-state index in [0.717, 1.165) is 30.6 Å². The molecule has 1 saturated heterocycles. The summed E-state index contributed by atoms with van der Waals surface area (Å²) in [5.74, 6) is -0.635. The van der Waals surface area contributed by atoms with Gasteiger partial charge in [0.25, 0.3) is 15.9 Å². The Balaban J connectivity index is 1.86. The Hall–Kier alpha value is -2.52. The number of carbonyl (C=O) groups excluding carboxylic acids is 2. The molecule has 2 aromatic carbocycles. The Morgan fingerprint density at radius 2 is 1.65 bits per heavy atom. The fourth-order valence-electron chi connectivity index (χ4n) is 3.47. The fourth-order valence-corrected chi connectivity index (χ4v) is 5.13. The van der Waals surface area contributed by atoms with E-state index in [1.54, 1.807) is 6.07 Å². The Kier molecular flexibility index (Phi) is 7.61. The Morgan fingerprint density at radius 3 is 2.23 bits per heavy atom. The minimum Gasteiger partial charge on any atom is -0.465 e. The van der Waals surface area contributed by atoms with E-state index in [1.807, 2.05) is 11.2 Å². The topological polar surface area (TPSA) is 92.8 Å². The number of esters is 1. The predicted octanol–water partition coefficient (Wildman–Crippen LogP) is 4.01. The lowest BCUT2D eigenvalue weighted by atomic mass is 10.2. The first-order chi connectivity index (χ1) is 14.9. The highest BCUT2D eigenvalue weighted by molar-refractivity contribution is 7.98. The van der Waals surface area contributed by atoms with E-state index in [1.165, 1.54) is 55.3 Å². The van der Waals surface area contributed by atoms with Crippen molar-refractivity contribution in [3.05, 3.63) is 53.6 Å². The number of methoxy groups -OCH3 is 1. The van der Waals surface area contributed by atoms with Crippen LogP contribution in [-0.2, 0) is 14.8 Å². The van der Waals surface area contributed by atoms with Crippen molar-refractivity contribution in [2.24, 2.45) is 0 Å². The molecule has 3 rings (SSSR count). The lowest BCUT2D eigenvalue weighted by Crippen LogP contribution is -2.32. The highest BCUT2D eigenvalue weighted by Gasteiger charge is 2.23. The van der Waals surface area contributed by atoms with Gasteiger partial charge in [-0.25, -0.2) is 13.2 Å². The number of anilines is 1. The van der Waals surface area contributed by atoms with E-state index < -0.39 is 16.0 Å². The molecule has 166 valence electrons. The third-order valence-electron chi connectivity index (χ3n) is 5.16. The number of thioether (sulfide) groups is 1. The van der Waals surface area contributed by atoms with E-state index in [0.29, 0.717) is 29.9 Å². The fraction of sp³-hybridized carbons (Fsp3) is 0.364. The van der Waals surface area contributed by atoms with Crippen molar-refractivity contribution in [1.82, 2.24) is 4.90 Å². The van der Waals surface area contributed by atoms with Gasteiger partial charge in [-0.05, 0) is 61.6 Å². The van der Waals surface area contributed by atoms with Crippen molar-refractivity contribution in [3.63, 3.8) is 0 Å². The zero-order valence-corrected chi connectivity index (χ0v) is 19.2. The van der Waals surface area contributed by atoms with Gasteiger partial charge in [0.15, 0.2) is 0 Å². The van der Waals surface area contributed by atoms with Crippen molar-refractivity contribution in [2.45, 2.75) is 35.5 Å². The molecule has 1 amide bonds. The molecule has 1 aliphatic heterocycles. The number of carbonyl (C=O) groups is 2. The molecule has 0 bridgehead atoms. The summed E-state index contributed by atoms with van der Waals surface area (Å²) in [7, 11) is -2.64. The monoisotopic (exact) mass is 462 g/mol. The Bertz CT molecular complexity index is 1040. The van der Waals surface area contributed by atoms with E-state index in [4.69, 9.17) is 0 Å². The van der Waals surface area contributed by atoms with Gasteiger partial charge in [0.2, 0.25) is 0 Å². The summed E-state index contributed by atoms with van der Waals surface area (Å²) >= 11 is 1.42. The van der Waals surface area contributed by atoms with Gasteiger partial charge in [-0.2, -0.15) is 0 Å². The van der Waals surface area contributed by atoms with Crippen LogP contribution < -0.4 is 4.72 Å². The molecule has 1 N–H and O–H groups in total. The minimum atomic E-state index is -3.92. The first-order valence-corrected chi connectivity index (χ1v) is 12.7. The van der Waals surface area contributed by atoms with Gasteiger partial charge in [-0.3, -0.25) is 9.52 Å². The van der Waals surface area contributed by atoms with Gasteiger partial charge in [-0.1, -0.05) is 12.8 Å². The number of benzene rings is 2. The average molecular weight is 463 g/mol. The van der Waals surface area contributed by atoms with Crippen LogP contribution in [0.1, 0.15) is 46.4 Å². The number of rotatable bonds is 6. The molecule has 1 heterocycles. The SMILES string of the molecule is COC(=O)c1ccc(NS(=O)(=O)c2ccc(SC)c(C(=O)N3CCCCCC3)c2)cc1. The van der Waals surface area contributed by atoms with Gasteiger partial charge in [0.1, 0.15) is 0 Å². The van der Waals surface area contributed by atoms with Gasteiger partial charge in [-0.15, -0.1) is 11.8 Å². The molecule has 0 aliphatic carbocycles. The predicted molar refractivity (Wildman–Crippen MR) is 121 cm³/mol. The van der Waals surface area contributed by atoms with Crippen molar-refractivity contribution in [3.8, 4) is 0 Å². The quantitative estimate of drug-likeness (QED) is 0.515. The van der Waals surface area contributed by atoms with E-state index in [2.05, 4.69) is 9.46 Å². The Morgan fingerprint density at radius 1 is 1.00 bits per heavy atom. The molecular weight excluding hydrogens is 436 g/mol. The number of hydrogen-bond donors (Lipinski definition) is 1.